The van der Waals surface area contributed by atoms with Crippen LogP contribution < -0.4 is 10.6 Å². The van der Waals surface area contributed by atoms with Gasteiger partial charge in [0.1, 0.15) is 0 Å². The molecule has 0 aliphatic heterocycles. The first-order chi connectivity index (χ1) is 10.5. The average Bonchev–Trinajstić information content (AvgIpc) is 2.44. The van der Waals surface area contributed by atoms with Crippen LogP contribution in [0.25, 0.3) is 0 Å². The van der Waals surface area contributed by atoms with Crippen LogP contribution in [0.1, 0.15) is 11.1 Å². The Morgan fingerprint density at radius 2 is 1.82 bits per heavy atom. The van der Waals surface area contributed by atoms with Gasteiger partial charge >= 0.3 is 6.03 Å². The Balaban J connectivity index is 1.94. The van der Waals surface area contributed by atoms with Crippen molar-refractivity contribution in [3.05, 3.63) is 63.6 Å². The number of aryl methyl sites for hydroxylation is 1. The number of carbonyl (C=O) groups is 2. The van der Waals surface area contributed by atoms with Crippen LogP contribution >= 0.6 is 23.2 Å². The van der Waals surface area contributed by atoms with Crippen LogP contribution in [0, 0.1) is 6.92 Å². The SMILES string of the molecule is Cc1cc(Cl)ccc1NC(=O)NC(=O)Cc1ccccc1Cl. The maximum absolute atomic E-state index is 11.9. The molecule has 0 radical (unpaired) electrons. The van der Waals surface area contributed by atoms with Crippen molar-refractivity contribution in [2.45, 2.75) is 13.3 Å². The maximum atomic E-state index is 11.9. The lowest BCUT2D eigenvalue weighted by atomic mass is 10.1. The third kappa shape index (κ3) is 4.48. The van der Waals surface area contributed by atoms with Gasteiger partial charge in [-0.15, -0.1) is 0 Å². The summed E-state index contributed by atoms with van der Waals surface area (Å²) in [6.45, 7) is 1.81. The molecule has 0 atom stereocenters. The zero-order valence-electron chi connectivity index (χ0n) is 11.8. The first-order valence-electron chi connectivity index (χ1n) is 6.56. The molecule has 114 valence electrons. The quantitative estimate of drug-likeness (QED) is 0.882. The zero-order valence-corrected chi connectivity index (χ0v) is 13.3. The first-order valence-corrected chi connectivity index (χ1v) is 7.31. The van der Waals surface area contributed by atoms with Gasteiger partial charge in [-0.3, -0.25) is 10.1 Å². The molecule has 0 aliphatic carbocycles. The number of nitrogens with one attached hydrogen (secondary N) is 2. The second-order valence-corrected chi connectivity index (χ2v) is 5.57. The monoisotopic (exact) mass is 336 g/mol. The Morgan fingerprint density at radius 1 is 1.09 bits per heavy atom. The summed E-state index contributed by atoms with van der Waals surface area (Å²) in [5, 5.41) is 5.95. The molecular weight excluding hydrogens is 323 g/mol. The van der Waals surface area contributed by atoms with Gasteiger partial charge in [-0.05, 0) is 42.3 Å². The number of amides is 3. The number of imide groups is 1. The Bertz CT molecular complexity index is 717. The minimum absolute atomic E-state index is 0.0344. The van der Waals surface area contributed by atoms with E-state index >= 15 is 0 Å². The van der Waals surface area contributed by atoms with E-state index in [0.29, 0.717) is 21.3 Å². The minimum Gasteiger partial charge on any atom is -0.307 e. The van der Waals surface area contributed by atoms with E-state index < -0.39 is 11.9 Å². The number of hydrogen-bond donors (Lipinski definition) is 2. The lowest BCUT2D eigenvalue weighted by Gasteiger charge is -2.10. The van der Waals surface area contributed by atoms with Gasteiger partial charge in [-0.25, -0.2) is 4.79 Å². The van der Waals surface area contributed by atoms with E-state index in [-0.39, 0.29) is 6.42 Å². The number of halogens is 2. The number of hydrogen-bond acceptors (Lipinski definition) is 2. The molecule has 0 heterocycles. The van der Waals surface area contributed by atoms with E-state index in [9.17, 15) is 9.59 Å². The van der Waals surface area contributed by atoms with Crippen molar-refractivity contribution < 1.29 is 9.59 Å². The molecule has 2 aromatic rings. The molecule has 0 saturated carbocycles. The van der Waals surface area contributed by atoms with Crippen LogP contribution in [-0.2, 0) is 11.2 Å². The molecule has 2 rings (SSSR count). The molecule has 3 amide bonds. The van der Waals surface area contributed by atoms with Crippen molar-refractivity contribution in [2.75, 3.05) is 5.32 Å². The number of urea groups is 1. The standard InChI is InChI=1S/C16H14Cl2N2O2/c1-10-8-12(17)6-7-14(10)19-16(22)20-15(21)9-11-4-2-3-5-13(11)18/h2-8H,9H2,1H3,(H2,19,20,21,22). The molecule has 22 heavy (non-hydrogen) atoms. The van der Waals surface area contributed by atoms with Crippen molar-refractivity contribution in [1.82, 2.24) is 5.32 Å². The summed E-state index contributed by atoms with van der Waals surface area (Å²) in [5.74, 6) is -0.433. The van der Waals surface area contributed by atoms with Crippen LogP contribution in [0.4, 0.5) is 10.5 Å². The zero-order chi connectivity index (χ0) is 16.1. The van der Waals surface area contributed by atoms with E-state index in [1.165, 1.54) is 0 Å². The molecule has 2 aromatic carbocycles. The fourth-order valence-electron chi connectivity index (χ4n) is 1.91. The molecule has 0 aromatic heterocycles. The minimum atomic E-state index is -0.595. The molecule has 0 saturated heterocycles. The third-order valence-corrected chi connectivity index (χ3v) is 3.60. The Morgan fingerprint density at radius 3 is 2.50 bits per heavy atom. The van der Waals surface area contributed by atoms with Crippen LogP contribution in [0.2, 0.25) is 10.0 Å². The van der Waals surface area contributed by atoms with Crippen LogP contribution in [-0.4, -0.2) is 11.9 Å². The van der Waals surface area contributed by atoms with Crippen molar-refractivity contribution >= 4 is 40.8 Å². The van der Waals surface area contributed by atoms with Gasteiger partial charge in [0, 0.05) is 15.7 Å². The van der Waals surface area contributed by atoms with E-state index in [1.54, 1.807) is 42.5 Å². The van der Waals surface area contributed by atoms with Crippen molar-refractivity contribution in [3.8, 4) is 0 Å². The summed E-state index contributed by atoms with van der Waals surface area (Å²) in [6, 6.07) is 11.5. The Labute approximate surface area is 138 Å². The van der Waals surface area contributed by atoms with E-state index in [1.807, 2.05) is 6.92 Å². The summed E-state index contributed by atoms with van der Waals surface area (Å²) >= 11 is 11.8. The first kappa shape index (κ1) is 16.3. The highest BCUT2D eigenvalue weighted by atomic mass is 35.5. The largest absolute Gasteiger partial charge is 0.325 e. The Hall–Kier alpha value is -2.04. The van der Waals surface area contributed by atoms with E-state index in [4.69, 9.17) is 23.2 Å². The second-order valence-electron chi connectivity index (χ2n) is 4.73. The number of anilines is 1. The van der Waals surface area contributed by atoms with Gasteiger partial charge in [-0.2, -0.15) is 0 Å². The van der Waals surface area contributed by atoms with Gasteiger partial charge in [0.05, 0.1) is 6.42 Å². The van der Waals surface area contributed by atoms with E-state index in [2.05, 4.69) is 10.6 Å². The van der Waals surface area contributed by atoms with Gasteiger partial charge in [0.15, 0.2) is 0 Å². The smallest absolute Gasteiger partial charge is 0.307 e. The van der Waals surface area contributed by atoms with Crippen LogP contribution in [0.3, 0.4) is 0 Å². The molecule has 0 fully saturated rings. The molecule has 0 bridgehead atoms. The van der Waals surface area contributed by atoms with Crippen molar-refractivity contribution in [3.63, 3.8) is 0 Å². The number of benzene rings is 2. The Kier molecular flexibility index (Phi) is 5.41. The molecular formula is C16H14Cl2N2O2. The fourth-order valence-corrected chi connectivity index (χ4v) is 2.34. The normalized spacial score (nSPS) is 10.1. The van der Waals surface area contributed by atoms with Crippen molar-refractivity contribution in [2.24, 2.45) is 0 Å². The molecule has 4 nitrogen and oxygen atoms in total. The average molecular weight is 337 g/mol. The highest BCUT2D eigenvalue weighted by Gasteiger charge is 2.11. The van der Waals surface area contributed by atoms with Crippen LogP contribution in [0.5, 0.6) is 0 Å². The van der Waals surface area contributed by atoms with Gasteiger partial charge in [0.25, 0.3) is 0 Å². The van der Waals surface area contributed by atoms with Crippen molar-refractivity contribution in [1.29, 1.82) is 0 Å². The second kappa shape index (κ2) is 7.29. The molecule has 0 aliphatic rings. The topological polar surface area (TPSA) is 58.2 Å². The van der Waals surface area contributed by atoms with E-state index in [0.717, 1.165) is 5.56 Å². The summed E-state index contributed by atoms with van der Waals surface area (Å²) in [5.41, 5.74) is 2.06. The van der Waals surface area contributed by atoms with Gasteiger partial charge < -0.3 is 5.32 Å². The highest BCUT2D eigenvalue weighted by Crippen LogP contribution is 2.19. The number of carbonyl (C=O) groups excluding carboxylic acids is 2. The fraction of sp³-hybridized carbons (Fsp3) is 0.125. The van der Waals surface area contributed by atoms with Gasteiger partial charge in [-0.1, -0.05) is 41.4 Å². The summed E-state index contributed by atoms with van der Waals surface area (Å²) in [4.78, 5) is 23.7. The molecule has 0 unspecified atom stereocenters. The predicted molar refractivity (Wildman–Crippen MR) is 88.5 cm³/mol. The summed E-state index contributed by atoms with van der Waals surface area (Å²) in [6.07, 6.45) is 0.0344. The summed E-state index contributed by atoms with van der Waals surface area (Å²) < 4.78 is 0. The lowest BCUT2D eigenvalue weighted by molar-refractivity contribution is -0.119. The molecule has 2 N–H and O–H groups in total. The predicted octanol–water partition coefficient (Wildman–Crippen LogP) is 4.19. The third-order valence-electron chi connectivity index (χ3n) is 3.00. The molecule has 6 heteroatoms. The lowest BCUT2D eigenvalue weighted by Crippen LogP contribution is -2.35. The molecule has 0 spiro atoms. The van der Waals surface area contributed by atoms with Gasteiger partial charge in [0.2, 0.25) is 5.91 Å². The maximum Gasteiger partial charge on any atom is 0.325 e. The number of rotatable bonds is 3. The highest BCUT2D eigenvalue weighted by molar-refractivity contribution is 6.31. The van der Waals surface area contributed by atoms with Crippen LogP contribution in [0.15, 0.2) is 42.5 Å². The summed E-state index contributed by atoms with van der Waals surface area (Å²) in [7, 11) is 0.